The van der Waals surface area contributed by atoms with Gasteiger partial charge in [0.2, 0.25) is 0 Å². The molecule has 0 fully saturated rings. The zero-order valence-electron chi connectivity index (χ0n) is 10.5. The van der Waals surface area contributed by atoms with Gasteiger partial charge in [0.15, 0.2) is 11.6 Å². The third kappa shape index (κ3) is 3.54. The lowest BCUT2D eigenvalue weighted by atomic mass is 10.3. The fourth-order valence-electron chi connectivity index (χ4n) is 1.54. The van der Waals surface area contributed by atoms with Gasteiger partial charge in [0.05, 0.1) is 11.4 Å². The lowest BCUT2D eigenvalue weighted by Crippen LogP contribution is -2.30. The van der Waals surface area contributed by atoms with E-state index < -0.39 is 5.82 Å². The van der Waals surface area contributed by atoms with Gasteiger partial charge in [-0.3, -0.25) is 4.79 Å². The van der Waals surface area contributed by atoms with E-state index in [0.717, 1.165) is 0 Å². The number of benzene rings is 1. The number of para-hydroxylation sites is 1. The normalized spacial score (nSPS) is 10.2. The molecule has 1 heterocycles. The summed E-state index contributed by atoms with van der Waals surface area (Å²) < 4.78 is 18.6. The van der Waals surface area contributed by atoms with Crippen LogP contribution in [0.15, 0.2) is 41.8 Å². The van der Waals surface area contributed by atoms with Crippen molar-refractivity contribution < 1.29 is 13.9 Å². The van der Waals surface area contributed by atoms with Crippen molar-refractivity contribution in [3.05, 3.63) is 52.5 Å². The zero-order chi connectivity index (χ0) is 13.7. The quantitative estimate of drug-likeness (QED) is 0.842. The lowest BCUT2D eigenvalue weighted by Gasteiger charge is -2.16. The molecule has 2 aromatic rings. The second kappa shape index (κ2) is 6.33. The van der Waals surface area contributed by atoms with E-state index >= 15 is 0 Å². The van der Waals surface area contributed by atoms with E-state index in [-0.39, 0.29) is 18.3 Å². The fourth-order valence-corrected chi connectivity index (χ4v) is 2.26. The van der Waals surface area contributed by atoms with Crippen molar-refractivity contribution in [2.75, 3.05) is 20.2 Å². The molecule has 0 N–H and O–H groups in total. The molecule has 19 heavy (non-hydrogen) atoms. The summed E-state index contributed by atoms with van der Waals surface area (Å²) in [6.45, 7) is 0.666. The average Bonchev–Trinajstić information content (AvgIpc) is 2.94. The molecule has 0 spiro atoms. The minimum Gasteiger partial charge on any atom is -0.489 e. The molecule has 5 heteroatoms. The highest BCUT2D eigenvalue weighted by atomic mass is 32.1. The number of carbonyl (C=O) groups is 1. The Morgan fingerprint density at radius 2 is 2.11 bits per heavy atom. The molecule has 1 aromatic heterocycles. The molecule has 1 amide bonds. The van der Waals surface area contributed by atoms with Gasteiger partial charge in [-0.05, 0) is 23.6 Å². The minimum atomic E-state index is -0.394. The van der Waals surface area contributed by atoms with Crippen LogP contribution in [0.2, 0.25) is 0 Å². The average molecular weight is 279 g/mol. The number of thiophene rings is 1. The highest BCUT2D eigenvalue weighted by Crippen LogP contribution is 2.15. The predicted molar refractivity (Wildman–Crippen MR) is 73.2 cm³/mol. The van der Waals surface area contributed by atoms with Gasteiger partial charge in [0, 0.05) is 7.05 Å². The Morgan fingerprint density at radius 1 is 1.32 bits per heavy atom. The molecule has 0 unspecified atom stereocenters. The molecule has 100 valence electrons. The summed E-state index contributed by atoms with van der Waals surface area (Å²) in [5.41, 5.74) is 0. The number of hydrogen-bond acceptors (Lipinski definition) is 3. The van der Waals surface area contributed by atoms with Crippen LogP contribution in [0.4, 0.5) is 4.39 Å². The maximum atomic E-state index is 13.3. The number of rotatable bonds is 5. The third-order valence-corrected chi connectivity index (χ3v) is 3.46. The number of halogens is 1. The molecule has 0 aliphatic carbocycles. The van der Waals surface area contributed by atoms with Crippen LogP contribution in [0, 0.1) is 5.82 Å². The fraction of sp³-hybridized carbons (Fsp3) is 0.214. The maximum absolute atomic E-state index is 13.3. The van der Waals surface area contributed by atoms with Crippen LogP contribution in [-0.2, 0) is 0 Å². The van der Waals surface area contributed by atoms with Crippen LogP contribution in [0.3, 0.4) is 0 Å². The van der Waals surface area contributed by atoms with Gasteiger partial charge in [0.25, 0.3) is 5.91 Å². The van der Waals surface area contributed by atoms with Crippen molar-refractivity contribution in [2.45, 2.75) is 0 Å². The smallest absolute Gasteiger partial charge is 0.263 e. The minimum absolute atomic E-state index is 0.0490. The van der Waals surface area contributed by atoms with Crippen LogP contribution in [0.1, 0.15) is 9.67 Å². The van der Waals surface area contributed by atoms with Crippen molar-refractivity contribution in [1.29, 1.82) is 0 Å². The number of likely N-dealkylation sites (N-methyl/N-ethyl adjacent to an activating group) is 1. The SMILES string of the molecule is CN(CCOc1ccccc1F)C(=O)c1cccs1. The Hall–Kier alpha value is -1.88. The molecule has 0 aliphatic heterocycles. The summed E-state index contributed by atoms with van der Waals surface area (Å²) in [6.07, 6.45) is 0. The summed E-state index contributed by atoms with van der Waals surface area (Å²) in [5.74, 6) is -0.235. The Labute approximate surface area is 115 Å². The molecular weight excluding hydrogens is 265 g/mol. The van der Waals surface area contributed by atoms with Gasteiger partial charge in [0.1, 0.15) is 6.61 Å². The summed E-state index contributed by atoms with van der Waals surface area (Å²) >= 11 is 1.40. The van der Waals surface area contributed by atoms with Gasteiger partial charge in [-0.25, -0.2) is 4.39 Å². The first kappa shape index (κ1) is 13.5. The highest BCUT2D eigenvalue weighted by Gasteiger charge is 2.12. The number of hydrogen-bond donors (Lipinski definition) is 0. The standard InChI is InChI=1S/C14H14FNO2S/c1-16(14(17)13-7-4-10-19-13)8-9-18-12-6-3-2-5-11(12)15/h2-7,10H,8-9H2,1H3. The van der Waals surface area contributed by atoms with E-state index in [2.05, 4.69) is 0 Å². The molecular formula is C14H14FNO2S. The Bertz CT molecular complexity index is 542. The van der Waals surface area contributed by atoms with Crippen LogP contribution in [0.25, 0.3) is 0 Å². The van der Waals surface area contributed by atoms with E-state index in [1.54, 1.807) is 36.2 Å². The largest absolute Gasteiger partial charge is 0.489 e. The molecule has 2 rings (SSSR count). The molecule has 1 aromatic carbocycles. The van der Waals surface area contributed by atoms with E-state index in [1.165, 1.54) is 17.4 Å². The van der Waals surface area contributed by atoms with E-state index in [0.29, 0.717) is 11.4 Å². The van der Waals surface area contributed by atoms with Gasteiger partial charge in [-0.2, -0.15) is 0 Å². The van der Waals surface area contributed by atoms with Gasteiger partial charge in [-0.15, -0.1) is 11.3 Å². The second-order valence-corrected chi connectivity index (χ2v) is 4.93. The van der Waals surface area contributed by atoms with E-state index in [9.17, 15) is 9.18 Å². The van der Waals surface area contributed by atoms with Crippen LogP contribution < -0.4 is 4.74 Å². The Kier molecular flexibility index (Phi) is 4.52. The number of ether oxygens (including phenoxy) is 1. The Morgan fingerprint density at radius 3 is 2.79 bits per heavy atom. The summed E-state index contributed by atoms with van der Waals surface area (Å²) in [4.78, 5) is 14.2. The van der Waals surface area contributed by atoms with Crippen LogP contribution >= 0.6 is 11.3 Å². The summed E-state index contributed by atoms with van der Waals surface area (Å²) in [6, 6.07) is 9.84. The zero-order valence-corrected chi connectivity index (χ0v) is 11.3. The third-order valence-electron chi connectivity index (χ3n) is 2.60. The van der Waals surface area contributed by atoms with Crippen LogP contribution in [0.5, 0.6) is 5.75 Å². The first-order valence-corrected chi connectivity index (χ1v) is 6.73. The molecule has 0 aliphatic rings. The molecule has 0 saturated heterocycles. The first-order chi connectivity index (χ1) is 9.18. The van der Waals surface area contributed by atoms with Gasteiger partial charge < -0.3 is 9.64 Å². The maximum Gasteiger partial charge on any atom is 0.263 e. The monoisotopic (exact) mass is 279 g/mol. The van der Waals surface area contributed by atoms with Gasteiger partial charge in [-0.1, -0.05) is 18.2 Å². The van der Waals surface area contributed by atoms with E-state index in [1.807, 2.05) is 11.4 Å². The highest BCUT2D eigenvalue weighted by molar-refractivity contribution is 7.12. The topological polar surface area (TPSA) is 29.5 Å². The number of nitrogens with zero attached hydrogens (tertiary/aromatic N) is 1. The predicted octanol–water partition coefficient (Wildman–Crippen LogP) is 3.04. The summed E-state index contributed by atoms with van der Waals surface area (Å²) in [7, 11) is 1.70. The molecule has 0 atom stereocenters. The van der Waals surface area contributed by atoms with Crippen molar-refractivity contribution in [1.82, 2.24) is 4.90 Å². The molecule has 3 nitrogen and oxygen atoms in total. The van der Waals surface area contributed by atoms with Crippen molar-refractivity contribution >= 4 is 17.2 Å². The van der Waals surface area contributed by atoms with Crippen molar-refractivity contribution in [3.63, 3.8) is 0 Å². The number of amides is 1. The van der Waals surface area contributed by atoms with Crippen LogP contribution in [-0.4, -0.2) is 31.0 Å². The second-order valence-electron chi connectivity index (χ2n) is 3.98. The van der Waals surface area contributed by atoms with Crippen molar-refractivity contribution in [2.24, 2.45) is 0 Å². The molecule has 0 bridgehead atoms. The van der Waals surface area contributed by atoms with E-state index in [4.69, 9.17) is 4.74 Å². The lowest BCUT2D eigenvalue weighted by molar-refractivity contribution is 0.0777. The number of carbonyl (C=O) groups excluding carboxylic acids is 1. The Balaban J connectivity index is 1.83. The summed E-state index contributed by atoms with van der Waals surface area (Å²) in [5, 5.41) is 1.86. The van der Waals surface area contributed by atoms with Gasteiger partial charge >= 0.3 is 0 Å². The molecule has 0 saturated carbocycles. The first-order valence-electron chi connectivity index (χ1n) is 5.85. The van der Waals surface area contributed by atoms with Crippen molar-refractivity contribution in [3.8, 4) is 5.75 Å². The molecule has 0 radical (unpaired) electrons.